The lowest BCUT2D eigenvalue weighted by Crippen LogP contribution is -2.48. The molecule has 0 aromatic heterocycles. The van der Waals surface area contributed by atoms with Crippen molar-refractivity contribution in [3.8, 4) is 5.75 Å². The third kappa shape index (κ3) is 6.11. The minimum Gasteiger partial charge on any atom is -0.495 e. The van der Waals surface area contributed by atoms with Gasteiger partial charge in [0, 0.05) is 11.3 Å². The number of carbonyl (C=O) groups excluding carboxylic acids is 1. The van der Waals surface area contributed by atoms with Gasteiger partial charge in [-0.1, -0.05) is 23.7 Å². The Balaban J connectivity index is 2.31. The molecule has 8 nitrogen and oxygen atoms in total. The number of amides is 1. The second-order valence-electron chi connectivity index (χ2n) is 7.12. The Morgan fingerprint density at radius 2 is 1.61 bits per heavy atom. The van der Waals surface area contributed by atoms with Gasteiger partial charge in [-0.2, -0.15) is 0 Å². The zero-order valence-corrected chi connectivity index (χ0v) is 20.2. The lowest BCUT2D eigenvalue weighted by molar-refractivity contribution is -0.122. The van der Waals surface area contributed by atoms with E-state index in [0.717, 1.165) is 16.8 Å². The smallest absolute Gasteiger partial charge is 0.244 e. The van der Waals surface area contributed by atoms with Gasteiger partial charge in [0.05, 0.1) is 30.0 Å². The number of nitrogens with zero attached hydrogens (tertiary/aromatic N) is 1. The SMILES string of the molecule is COc1ccc(Cl)cc1N([C@@H](C)C(=O)N[C@H](C)c1ccc(S(C)(=O)=O)cc1)S(C)(=O)=O. The highest BCUT2D eigenvalue weighted by Gasteiger charge is 2.32. The molecule has 0 unspecified atom stereocenters. The second kappa shape index (κ2) is 9.46. The molecule has 1 N–H and O–H groups in total. The van der Waals surface area contributed by atoms with Gasteiger partial charge in [-0.25, -0.2) is 16.8 Å². The number of rotatable bonds is 8. The number of sulfone groups is 1. The first-order valence-electron chi connectivity index (χ1n) is 9.19. The summed E-state index contributed by atoms with van der Waals surface area (Å²) >= 11 is 6.04. The number of nitrogens with one attached hydrogen (secondary N) is 1. The van der Waals surface area contributed by atoms with Gasteiger partial charge in [0.15, 0.2) is 9.84 Å². The number of benzene rings is 2. The standard InChI is InChI=1S/C20H25ClN2O6S2/c1-13(15-6-9-17(10-7-15)30(4,25)26)22-20(24)14(2)23(31(5,27)28)18-12-16(21)8-11-19(18)29-3/h6-14H,1-5H3,(H,22,24)/t13-,14+/m1/s1. The summed E-state index contributed by atoms with van der Waals surface area (Å²) in [7, 11) is -5.81. The maximum Gasteiger partial charge on any atom is 0.244 e. The molecule has 0 fully saturated rings. The number of sulfonamides is 1. The third-order valence-corrected chi connectivity index (χ3v) is 7.22. The number of ether oxygens (including phenoxy) is 1. The monoisotopic (exact) mass is 488 g/mol. The van der Waals surface area contributed by atoms with Gasteiger partial charge < -0.3 is 10.1 Å². The van der Waals surface area contributed by atoms with E-state index in [1.54, 1.807) is 25.1 Å². The van der Waals surface area contributed by atoms with Crippen LogP contribution in [0.3, 0.4) is 0 Å². The zero-order chi connectivity index (χ0) is 23.6. The van der Waals surface area contributed by atoms with Crippen LogP contribution in [0.25, 0.3) is 0 Å². The van der Waals surface area contributed by atoms with Crippen molar-refractivity contribution in [2.75, 3.05) is 23.9 Å². The first-order chi connectivity index (χ1) is 14.3. The Morgan fingerprint density at radius 3 is 2.10 bits per heavy atom. The molecule has 1 amide bonds. The molecule has 0 aliphatic heterocycles. The van der Waals surface area contributed by atoms with E-state index in [1.807, 2.05) is 0 Å². The van der Waals surface area contributed by atoms with Crippen LogP contribution in [0, 0.1) is 0 Å². The van der Waals surface area contributed by atoms with Gasteiger partial charge in [0.2, 0.25) is 15.9 Å². The number of hydrogen-bond acceptors (Lipinski definition) is 6. The topological polar surface area (TPSA) is 110 Å². The van der Waals surface area contributed by atoms with Crippen molar-refractivity contribution in [3.05, 3.63) is 53.1 Å². The van der Waals surface area contributed by atoms with Gasteiger partial charge in [0.25, 0.3) is 0 Å². The summed E-state index contributed by atoms with van der Waals surface area (Å²) in [5.74, 6) is -0.300. The number of anilines is 1. The quantitative estimate of drug-likeness (QED) is 0.611. The van der Waals surface area contributed by atoms with Crippen LogP contribution in [0.2, 0.25) is 5.02 Å². The fourth-order valence-electron chi connectivity index (χ4n) is 3.04. The second-order valence-corrected chi connectivity index (χ2v) is 11.4. The van der Waals surface area contributed by atoms with Crippen molar-refractivity contribution in [2.45, 2.75) is 30.8 Å². The highest BCUT2D eigenvalue weighted by atomic mass is 35.5. The molecule has 0 aliphatic carbocycles. The maximum absolute atomic E-state index is 12.9. The van der Waals surface area contributed by atoms with E-state index in [-0.39, 0.29) is 21.4 Å². The summed E-state index contributed by atoms with van der Waals surface area (Å²) in [6.45, 7) is 3.17. The first-order valence-corrected chi connectivity index (χ1v) is 13.3. The number of methoxy groups -OCH3 is 1. The summed E-state index contributed by atoms with van der Waals surface area (Å²) in [5.41, 5.74) is 0.810. The molecule has 0 radical (unpaired) electrons. The molecule has 0 bridgehead atoms. The van der Waals surface area contributed by atoms with Crippen molar-refractivity contribution in [1.82, 2.24) is 5.32 Å². The summed E-state index contributed by atoms with van der Waals surface area (Å²) in [6.07, 6.45) is 2.10. The van der Waals surface area contributed by atoms with Gasteiger partial charge >= 0.3 is 0 Å². The van der Waals surface area contributed by atoms with Crippen LogP contribution in [0.15, 0.2) is 47.4 Å². The highest BCUT2D eigenvalue weighted by Crippen LogP contribution is 2.34. The van der Waals surface area contributed by atoms with Crippen LogP contribution >= 0.6 is 11.6 Å². The molecule has 2 aromatic rings. The minimum atomic E-state index is -3.87. The van der Waals surface area contributed by atoms with Gasteiger partial charge in [0.1, 0.15) is 11.8 Å². The van der Waals surface area contributed by atoms with E-state index in [4.69, 9.17) is 16.3 Å². The molecule has 0 heterocycles. The Bertz CT molecular complexity index is 1160. The van der Waals surface area contributed by atoms with Crippen LogP contribution in [0.5, 0.6) is 5.75 Å². The fourth-order valence-corrected chi connectivity index (χ4v) is 5.00. The van der Waals surface area contributed by atoms with E-state index >= 15 is 0 Å². The summed E-state index contributed by atoms with van der Waals surface area (Å²) < 4.78 is 54.5. The van der Waals surface area contributed by atoms with Gasteiger partial charge in [-0.3, -0.25) is 9.10 Å². The summed E-state index contributed by atoms with van der Waals surface area (Å²) in [5, 5.41) is 3.05. The zero-order valence-electron chi connectivity index (χ0n) is 17.8. The van der Waals surface area contributed by atoms with Gasteiger partial charge in [-0.15, -0.1) is 0 Å². The van der Waals surface area contributed by atoms with Crippen molar-refractivity contribution >= 4 is 43.1 Å². The van der Waals surface area contributed by atoms with Crippen molar-refractivity contribution < 1.29 is 26.4 Å². The van der Waals surface area contributed by atoms with Crippen molar-refractivity contribution in [1.29, 1.82) is 0 Å². The van der Waals surface area contributed by atoms with E-state index in [1.165, 1.54) is 38.3 Å². The molecule has 0 aliphatic rings. The van der Waals surface area contributed by atoms with Crippen LogP contribution in [0.1, 0.15) is 25.5 Å². The lowest BCUT2D eigenvalue weighted by atomic mass is 10.1. The Hall–Kier alpha value is -2.30. The molecular weight excluding hydrogens is 464 g/mol. The largest absolute Gasteiger partial charge is 0.495 e. The van der Waals surface area contributed by atoms with Crippen LogP contribution in [-0.4, -0.2) is 48.4 Å². The average molecular weight is 489 g/mol. The molecular formula is C20H25ClN2O6S2. The van der Waals surface area contributed by atoms with Crippen LogP contribution in [0.4, 0.5) is 5.69 Å². The number of hydrogen-bond donors (Lipinski definition) is 1. The van der Waals surface area contributed by atoms with Crippen molar-refractivity contribution in [3.63, 3.8) is 0 Å². The molecule has 11 heteroatoms. The van der Waals surface area contributed by atoms with Crippen molar-refractivity contribution in [2.24, 2.45) is 0 Å². The molecule has 170 valence electrons. The molecule has 2 atom stereocenters. The molecule has 0 spiro atoms. The predicted molar refractivity (Wildman–Crippen MR) is 121 cm³/mol. The number of carbonyl (C=O) groups is 1. The van der Waals surface area contributed by atoms with Crippen LogP contribution in [-0.2, 0) is 24.7 Å². The number of halogens is 1. The van der Waals surface area contributed by atoms with E-state index < -0.39 is 37.9 Å². The lowest BCUT2D eigenvalue weighted by Gasteiger charge is -2.30. The Kier molecular flexibility index (Phi) is 7.61. The predicted octanol–water partition coefficient (Wildman–Crippen LogP) is 2.78. The fraction of sp³-hybridized carbons (Fsp3) is 0.350. The van der Waals surface area contributed by atoms with E-state index in [2.05, 4.69) is 5.32 Å². The van der Waals surface area contributed by atoms with Gasteiger partial charge in [-0.05, 0) is 49.7 Å². The first kappa shape index (κ1) is 25.0. The van der Waals surface area contributed by atoms with E-state index in [9.17, 15) is 21.6 Å². The van der Waals surface area contributed by atoms with E-state index in [0.29, 0.717) is 5.56 Å². The molecule has 2 rings (SSSR count). The average Bonchev–Trinajstić information content (AvgIpc) is 2.66. The maximum atomic E-state index is 12.9. The Morgan fingerprint density at radius 1 is 1.03 bits per heavy atom. The molecule has 31 heavy (non-hydrogen) atoms. The van der Waals surface area contributed by atoms with Crippen LogP contribution < -0.4 is 14.4 Å². The normalized spacial score (nSPS) is 13.9. The summed E-state index contributed by atoms with van der Waals surface area (Å²) in [4.78, 5) is 13.1. The molecule has 0 saturated heterocycles. The Labute approximate surface area is 188 Å². The molecule has 0 saturated carbocycles. The highest BCUT2D eigenvalue weighted by molar-refractivity contribution is 7.92. The third-order valence-electron chi connectivity index (χ3n) is 4.63. The molecule has 2 aromatic carbocycles. The minimum absolute atomic E-state index is 0.144. The summed E-state index contributed by atoms with van der Waals surface area (Å²) in [6, 6.07) is 8.99.